The number of hydrogen-bond donors (Lipinski definition) is 0. The van der Waals surface area contributed by atoms with E-state index in [0.717, 1.165) is 71.8 Å². The molecule has 0 saturated carbocycles. The maximum Gasteiger partial charge on any atom is 0.119 e. The van der Waals surface area contributed by atoms with Gasteiger partial charge < -0.3 is 18.9 Å². The molecule has 3 aromatic carbocycles. The van der Waals surface area contributed by atoms with Crippen molar-refractivity contribution in [1.82, 2.24) is 0 Å². The molecule has 0 radical (unpaired) electrons. The number of aryl methyl sites for hydroxylation is 2. The summed E-state index contributed by atoms with van der Waals surface area (Å²) in [7, 11) is 0. The van der Waals surface area contributed by atoms with E-state index in [0.29, 0.717) is 13.2 Å². The predicted molar refractivity (Wildman–Crippen MR) is 169 cm³/mol. The molecule has 42 heavy (non-hydrogen) atoms. The Hall–Kier alpha value is -3.62. The highest BCUT2D eigenvalue weighted by Gasteiger charge is 2.35. The first-order chi connectivity index (χ1) is 20.3. The first-order valence-corrected chi connectivity index (χ1v) is 14.9. The molecule has 2 aliphatic rings. The molecule has 0 atom stereocenters. The van der Waals surface area contributed by atoms with Gasteiger partial charge in [-0.05, 0) is 85.6 Å². The fourth-order valence-corrected chi connectivity index (χ4v) is 4.05. The van der Waals surface area contributed by atoms with Crippen LogP contribution in [0.15, 0.2) is 81.1 Å². The van der Waals surface area contributed by atoms with Gasteiger partial charge in [-0.2, -0.15) is 20.5 Å². The molecule has 8 nitrogen and oxygen atoms in total. The van der Waals surface area contributed by atoms with Crippen LogP contribution >= 0.6 is 0 Å². The zero-order valence-electron chi connectivity index (χ0n) is 26.4. The maximum atomic E-state index is 5.94. The Morgan fingerprint density at radius 3 is 1.21 bits per heavy atom. The Kier molecular flexibility index (Phi) is 12.2. The minimum Gasteiger partial charge on any atom is -0.493 e. The van der Waals surface area contributed by atoms with Crippen molar-refractivity contribution in [2.24, 2.45) is 31.3 Å². The van der Waals surface area contributed by atoms with E-state index in [1.165, 1.54) is 0 Å². The second-order valence-electron chi connectivity index (χ2n) is 11.0. The van der Waals surface area contributed by atoms with E-state index in [9.17, 15) is 0 Å². The summed E-state index contributed by atoms with van der Waals surface area (Å²) in [6.07, 6.45) is 0. The molecule has 5 rings (SSSR count). The van der Waals surface area contributed by atoms with E-state index in [-0.39, 0.29) is 10.8 Å². The van der Waals surface area contributed by atoms with Gasteiger partial charge in [-0.1, -0.05) is 41.5 Å². The van der Waals surface area contributed by atoms with Gasteiger partial charge >= 0.3 is 0 Å². The van der Waals surface area contributed by atoms with Gasteiger partial charge in [0.1, 0.15) is 11.5 Å². The smallest absolute Gasteiger partial charge is 0.119 e. The summed E-state index contributed by atoms with van der Waals surface area (Å²) in [6.45, 7) is 20.6. The summed E-state index contributed by atoms with van der Waals surface area (Å²) in [6, 6.07) is 19.2. The van der Waals surface area contributed by atoms with Gasteiger partial charge in [0.2, 0.25) is 0 Å². The molecule has 0 unspecified atom stereocenters. The lowest BCUT2D eigenvalue weighted by Crippen LogP contribution is -2.44. The van der Waals surface area contributed by atoms with E-state index in [1.807, 2.05) is 102 Å². The summed E-state index contributed by atoms with van der Waals surface area (Å²) in [5.41, 5.74) is 5.32. The van der Waals surface area contributed by atoms with Gasteiger partial charge in [-0.15, -0.1) is 0 Å². The van der Waals surface area contributed by atoms with Crippen molar-refractivity contribution in [2.75, 3.05) is 39.6 Å². The Morgan fingerprint density at radius 1 is 0.571 bits per heavy atom. The third-order valence-corrected chi connectivity index (χ3v) is 6.71. The van der Waals surface area contributed by atoms with Gasteiger partial charge in [0, 0.05) is 10.8 Å². The summed E-state index contributed by atoms with van der Waals surface area (Å²) < 4.78 is 22.5. The Balaban J connectivity index is 0.00000116. The van der Waals surface area contributed by atoms with Crippen molar-refractivity contribution >= 4 is 22.7 Å². The SMILES string of the molecule is CC.CC.Cc1cc(OCC2(C)COC2)ccc1N=Nc1ccc(N=Nc2ccc(OCC3(C)COC3)cc2C)cc1. The minimum absolute atomic E-state index is 0.111. The highest BCUT2D eigenvalue weighted by molar-refractivity contribution is 5.52. The zero-order valence-corrected chi connectivity index (χ0v) is 26.4. The highest BCUT2D eigenvalue weighted by atomic mass is 16.5. The molecule has 0 aromatic heterocycles. The standard InChI is InChI=1S/C30H34N4O4.2C2H6/c1-21-13-25(37-19-29(3)15-35-16-29)9-11-27(21)33-31-23-5-7-24(8-6-23)32-34-28-12-10-26(14-22(28)2)38-20-30(4)17-36-18-30;2*1-2/h5-14H,15-20H2,1-4H3;2*1-2H3. The molecular weight excluding hydrogens is 528 g/mol. The first kappa shape index (κ1) is 32.9. The molecule has 0 bridgehead atoms. The maximum absolute atomic E-state index is 5.94. The van der Waals surface area contributed by atoms with E-state index in [2.05, 4.69) is 34.3 Å². The number of benzene rings is 3. The van der Waals surface area contributed by atoms with Gasteiger partial charge in [0.05, 0.1) is 62.4 Å². The van der Waals surface area contributed by atoms with Crippen molar-refractivity contribution in [3.8, 4) is 11.5 Å². The molecule has 2 aliphatic heterocycles. The van der Waals surface area contributed by atoms with Gasteiger partial charge in [0.25, 0.3) is 0 Å². The van der Waals surface area contributed by atoms with Crippen LogP contribution in [0.4, 0.5) is 22.7 Å². The summed E-state index contributed by atoms with van der Waals surface area (Å²) in [4.78, 5) is 0. The van der Waals surface area contributed by atoms with Crippen LogP contribution < -0.4 is 9.47 Å². The lowest BCUT2D eigenvalue weighted by Gasteiger charge is -2.37. The highest BCUT2D eigenvalue weighted by Crippen LogP contribution is 2.32. The number of azo groups is 2. The Morgan fingerprint density at radius 2 is 0.929 bits per heavy atom. The molecule has 0 aliphatic carbocycles. The number of hydrogen-bond acceptors (Lipinski definition) is 8. The van der Waals surface area contributed by atoms with Crippen LogP contribution in [0.25, 0.3) is 0 Å². The average molecular weight is 575 g/mol. The minimum atomic E-state index is 0.111. The molecule has 2 saturated heterocycles. The summed E-state index contributed by atoms with van der Waals surface area (Å²) in [5.74, 6) is 1.67. The van der Waals surface area contributed by atoms with E-state index in [4.69, 9.17) is 18.9 Å². The van der Waals surface area contributed by atoms with Crippen LogP contribution in [-0.4, -0.2) is 39.6 Å². The largest absolute Gasteiger partial charge is 0.493 e. The molecule has 2 fully saturated rings. The van der Waals surface area contributed by atoms with Crippen molar-refractivity contribution in [3.63, 3.8) is 0 Å². The van der Waals surface area contributed by atoms with Gasteiger partial charge in [0.15, 0.2) is 0 Å². The molecule has 8 heteroatoms. The predicted octanol–water partition coefficient (Wildman–Crippen LogP) is 10.0. The second kappa shape index (κ2) is 15.6. The summed E-state index contributed by atoms with van der Waals surface area (Å²) >= 11 is 0. The van der Waals surface area contributed by atoms with Crippen molar-refractivity contribution in [3.05, 3.63) is 71.8 Å². The van der Waals surface area contributed by atoms with Crippen LogP contribution in [0.1, 0.15) is 52.7 Å². The quantitative estimate of drug-likeness (QED) is 0.225. The van der Waals surface area contributed by atoms with Crippen LogP contribution in [-0.2, 0) is 9.47 Å². The van der Waals surface area contributed by atoms with Crippen molar-refractivity contribution in [1.29, 1.82) is 0 Å². The van der Waals surface area contributed by atoms with Gasteiger partial charge in [-0.3, -0.25) is 0 Å². The molecular formula is C34H46N4O4. The zero-order chi connectivity index (χ0) is 30.6. The molecule has 3 aromatic rings. The Bertz CT molecular complexity index is 1230. The lowest BCUT2D eigenvalue weighted by molar-refractivity contribution is -0.120. The Labute approximate surface area is 251 Å². The summed E-state index contributed by atoms with van der Waals surface area (Å²) in [5, 5.41) is 17.6. The van der Waals surface area contributed by atoms with E-state index >= 15 is 0 Å². The lowest BCUT2D eigenvalue weighted by atomic mass is 9.90. The van der Waals surface area contributed by atoms with Crippen LogP contribution in [0, 0.1) is 24.7 Å². The second-order valence-corrected chi connectivity index (χ2v) is 11.0. The van der Waals surface area contributed by atoms with Crippen molar-refractivity contribution < 1.29 is 18.9 Å². The molecule has 0 N–H and O–H groups in total. The third kappa shape index (κ3) is 9.19. The number of rotatable bonds is 10. The fourth-order valence-electron chi connectivity index (χ4n) is 4.05. The van der Waals surface area contributed by atoms with Crippen LogP contribution in [0.5, 0.6) is 11.5 Å². The molecule has 2 heterocycles. The van der Waals surface area contributed by atoms with Crippen LogP contribution in [0.3, 0.4) is 0 Å². The monoisotopic (exact) mass is 574 g/mol. The van der Waals surface area contributed by atoms with Crippen LogP contribution in [0.2, 0.25) is 0 Å². The molecule has 0 spiro atoms. The number of ether oxygens (including phenoxy) is 4. The third-order valence-electron chi connectivity index (χ3n) is 6.71. The first-order valence-electron chi connectivity index (χ1n) is 14.9. The number of nitrogens with zero attached hydrogens (tertiary/aromatic N) is 4. The topological polar surface area (TPSA) is 86.4 Å². The van der Waals surface area contributed by atoms with Gasteiger partial charge in [-0.25, -0.2) is 0 Å². The van der Waals surface area contributed by atoms with E-state index < -0.39 is 0 Å². The van der Waals surface area contributed by atoms with Crippen molar-refractivity contribution in [2.45, 2.75) is 55.4 Å². The normalized spacial score (nSPS) is 16.4. The fraction of sp³-hybridized carbons (Fsp3) is 0.471. The van der Waals surface area contributed by atoms with E-state index in [1.54, 1.807) is 0 Å². The molecule has 0 amide bonds. The molecule has 226 valence electrons. The average Bonchev–Trinajstić information content (AvgIpc) is 2.98.